The van der Waals surface area contributed by atoms with E-state index in [1.165, 1.54) is 44.2 Å². The second-order valence-corrected chi connectivity index (χ2v) is 9.39. The van der Waals surface area contributed by atoms with Crippen LogP contribution in [0.25, 0.3) is 0 Å². The molecule has 7 nitrogen and oxygen atoms in total. The number of halogens is 3. The van der Waals surface area contributed by atoms with Crippen LogP contribution in [0, 0.1) is 0 Å². The molecule has 0 aliphatic rings. The average molecular weight is 546 g/mol. The topological polar surface area (TPSA) is 94.3 Å². The number of alkyl halides is 3. The van der Waals surface area contributed by atoms with Gasteiger partial charge in [-0.25, -0.2) is 4.79 Å². The van der Waals surface area contributed by atoms with Gasteiger partial charge >= 0.3 is 18.1 Å². The van der Waals surface area contributed by atoms with Gasteiger partial charge in [-0.15, -0.1) is 0 Å². The van der Waals surface area contributed by atoms with Crippen molar-refractivity contribution in [2.45, 2.75) is 84.0 Å². The lowest BCUT2D eigenvalue weighted by Crippen LogP contribution is -2.32. The predicted molar refractivity (Wildman–Crippen MR) is 138 cm³/mol. The summed E-state index contributed by atoms with van der Waals surface area (Å²) in [6.45, 7) is 2.02. The number of ether oxygens (including phenoxy) is 1. The van der Waals surface area contributed by atoms with Gasteiger partial charge in [-0.05, 0) is 41.7 Å². The van der Waals surface area contributed by atoms with Crippen molar-refractivity contribution in [2.75, 3.05) is 0 Å². The third-order valence-corrected chi connectivity index (χ3v) is 6.20. The summed E-state index contributed by atoms with van der Waals surface area (Å²) in [5.74, 6) is -0.682. The van der Waals surface area contributed by atoms with E-state index >= 15 is 0 Å². The van der Waals surface area contributed by atoms with Crippen LogP contribution in [0.1, 0.15) is 79.4 Å². The van der Waals surface area contributed by atoms with Gasteiger partial charge in [0, 0.05) is 19.4 Å². The van der Waals surface area contributed by atoms with E-state index in [-0.39, 0.29) is 13.2 Å². The second kappa shape index (κ2) is 15.0. The number of nitrogens with zero attached hydrogens (tertiary/aromatic N) is 2. The Morgan fingerprint density at radius 2 is 1.49 bits per heavy atom. The van der Waals surface area contributed by atoms with Crippen molar-refractivity contribution < 1.29 is 32.0 Å². The van der Waals surface area contributed by atoms with Gasteiger partial charge in [-0.2, -0.15) is 18.2 Å². The maximum atomic E-state index is 12.6. The second-order valence-electron chi connectivity index (χ2n) is 9.39. The van der Waals surface area contributed by atoms with Crippen molar-refractivity contribution in [3.63, 3.8) is 0 Å². The first-order chi connectivity index (χ1) is 18.7. The largest absolute Gasteiger partial charge is 0.454 e. The highest BCUT2D eigenvalue weighted by atomic mass is 19.4. The number of esters is 1. The monoisotopic (exact) mass is 545 g/mol. The fourth-order valence-electron chi connectivity index (χ4n) is 3.89. The lowest BCUT2D eigenvalue weighted by atomic mass is 10.1. The Labute approximate surface area is 226 Å². The minimum Gasteiger partial charge on any atom is -0.454 e. The summed E-state index contributed by atoms with van der Waals surface area (Å²) in [4.78, 5) is 28.4. The number of aromatic nitrogens is 2. The molecule has 0 saturated carbocycles. The first kappa shape index (κ1) is 29.9. The molecule has 1 heterocycles. The van der Waals surface area contributed by atoms with Crippen molar-refractivity contribution in [1.29, 1.82) is 0 Å². The summed E-state index contributed by atoms with van der Waals surface area (Å²) < 4.78 is 48.3. The summed E-state index contributed by atoms with van der Waals surface area (Å²) in [6.07, 6.45) is 5.02. The maximum Gasteiger partial charge on any atom is 0.416 e. The molecule has 1 N–H and O–H groups in total. The van der Waals surface area contributed by atoms with Crippen LogP contribution in [0.5, 0.6) is 0 Å². The van der Waals surface area contributed by atoms with Crippen LogP contribution in [-0.2, 0) is 52.9 Å². The highest BCUT2D eigenvalue weighted by Gasteiger charge is 2.30. The lowest BCUT2D eigenvalue weighted by Gasteiger charge is -2.09. The van der Waals surface area contributed by atoms with Gasteiger partial charge in [0.2, 0.25) is 5.89 Å². The van der Waals surface area contributed by atoms with Crippen molar-refractivity contribution >= 4 is 11.9 Å². The van der Waals surface area contributed by atoms with E-state index in [2.05, 4.69) is 22.4 Å². The minimum atomic E-state index is -4.44. The average Bonchev–Trinajstić information content (AvgIpc) is 3.39. The van der Waals surface area contributed by atoms with Gasteiger partial charge in [0.15, 0.2) is 5.82 Å². The predicted octanol–water partition coefficient (Wildman–Crippen LogP) is 6.14. The van der Waals surface area contributed by atoms with Gasteiger partial charge in [0.05, 0.1) is 5.56 Å². The molecule has 3 rings (SSSR count). The summed E-state index contributed by atoms with van der Waals surface area (Å²) in [7, 11) is 0. The third kappa shape index (κ3) is 10.5. The first-order valence-corrected chi connectivity index (χ1v) is 13.2. The van der Waals surface area contributed by atoms with Crippen molar-refractivity contribution in [2.24, 2.45) is 0 Å². The first-order valence-electron chi connectivity index (χ1n) is 13.2. The van der Waals surface area contributed by atoms with E-state index in [1.807, 2.05) is 12.1 Å². The number of aryl methyl sites for hydroxylation is 3. The number of hydrogen-bond donors (Lipinski definition) is 1. The minimum absolute atomic E-state index is 0.0850. The molecule has 0 radical (unpaired) electrons. The molecule has 0 atom stereocenters. The number of nitrogens with one attached hydrogen (secondary N) is 1. The molecule has 0 aliphatic heterocycles. The van der Waals surface area contributed by atoms with Crippen LogP contribution in [0.4, 0.5) is 13.2 Å². The fourth-order valence-corrected chi connectivity index (χ4v) is 3.89. The Bertz CT molecular complexity index is 1180. The number of carbonyl (C=O) groups excluding carboxylic acids is 2. The Balaban J connectivity index is 1.34. The smallest absolute Gasteiger partial charge is 0.416 e. The molecule has 0 saturated heterocycles. The molecule has 0 bridgehead atoms. The Hall–Kier alpha value is -3.69. The SMILES string of the molecule is CCCCCCCCc1noc(CCc2ccc(COC(=O)C(=O)NCc3ccc(C(F)(F)F)cc3)cc2)n1. The third-order valence-electron chi connectivity index (χ3n) is 6.20. The van der Waals surface area contributed by atoms with Crippen molar-refractivity contribution in [1.82, 2.24) is 15.5 Å². The highest BCUT2D eigenvalue weighted by molar-refractivity contribution is 6.32. The molecule has 1 aromatic heterocycles. The molecule has 210 valence electrons. The van der Waals surface area contributed by atoms with Gasteiger partial charge in [0.25, 0.3) is 0 Å². The quantitative estimate of drug-likeness (QED) is 0.149. The highest BCUT2D eigenvalue weighted by Crippen LogP contribution is 2.29. The van der Waals surface area contributed by atoms with Crippen molar-refractivity contribution in [3.8, 4) is 0 Å². The fraction of sp³-hybridized carbons (Fsp3) is 0.448. The van der Waals surface area contributed by atoms with Gasteiger partial charge in [-0.3, -0.25) is 4.79 Å². The van der Waals surface area contributed by atoms with E-state index in [4.69, 9.17) is 9.26 Å². The number of rotatable bonds is 14. The molecule has 10 heteroatoms. The Morgan fingerprint density at radius 1 is 0.846 bits per heavy atom. The molecule has 2 aromatic carbocycles. The zero-order chi connectivity index (χ0) is 28.1. The Morgan fingerprint density at radius 3 is 2.18 bits per heavy atom. The molecular weight excluding hydrogens is 511 g/mol. The number of benzene rings is 2. The van der Waals surface area contributed by atoms with E-state index in [0.29, 0.717) is 29.9 Å². The summed E-state index contributed by atoms with van der Waals surface area (Å²) >= 11 is 0. The number of hydrogen-bond acceptors (Lipinski definition) is 6. The van der Waals surface area contributed by atoms with Crippen molar-refractivity contribution in [3.05, 3.63) is 82.5 Å². The Kier molecular flexibility index (Phi) is 11.5. The summed E-state index contributed by atoms with van der Waals surface area (Å²) in [5.41, 5.74) is 1.40. The van der Waals surface area contributed by atoms with E-state index in [1.54, 1.807) is 12.1 Å². The molecule has 0 aliphatic carbocycles. The van der Waals surface area contributed by atoms with Gasteiger partial charge in [0.1, 0.15) is 6.61 Å². The molecular formula is C29H34F3N3O4. The van der Waals surface area contributed by atoms with E-state index < -0.39 is 23.6 Å². The number of amides is 1. The molecule has 0 unspecified atom stereocenters. The van der Waals surface area contributed by atoms with Crippen LogP contribution in [-0.4, -0.2) is 22.0 Å². The number of unbranched alkanes of at least 4 members (excludes halogenated alkanes) is 5. The zero-order valence-electron chi connectivity index (χ0n) is 22.1. The molecule has 39 heavy (non-hydrogen) atoms. The van der Waals surface area contributed by atoms with Crippen LogP contribution in [0.2, 0.25) is 0 Å². The summed E-state index contributed by atoms with van der Waals surface area (Å²) in [5, 5.41) is 6.41. The van der Waals surface area contributed by atoms with E-state index in [0.717, 1.165) is 36.4 Å². The van der Waals surface area contributed by atoms with E-state index in [9.17, 15) is 22.8 Å². The van der Waals surface area contributed by atoms with Gasteiger partial charge < -0.3 is 14.6 Å². The van der Waals surface area contributed by atoms with Crippen LogP contribution >= 0.6 is 0 Å². The zero-order valence-corrected chi connectivity index (χ0v) is 22.1. The lowest BCUT2D eigenvalue weighted by molar-refractivity contribution is -0.155. The van der Waals surface area contributed by atoms with Crippen LogP contribution < -0.4 is 5.32 Å². The van der Waals surface area contributed by atoms with Gasteiger partial charge in [-0.1, -0.05) is 80.6 Å². The van der Waals surface area contributed by atoms with Crippen LogP contribution in [0.15, 0.2) is 53.1 Å². The molecule has 3 aromatic rings. The molecule has 0 fully saturated rings. The normalized spacial score (nSPS) is 11.4. The molecule has 1 amide bonds. The standard InChI is InChI=1S/C29H34F3N3O4/c1-2-3-4-5-6-7-8-25-34-26(39-35-25)18-15-21-9-11-23(12-10-21)20-38-28(37)27(36)33-19-22-13-16-24(17-14-22)29(30,31)32/h9-14,16-17H,2-8,15,18-20H2,1H3,(H,33,36). The maximum absolute atomic E-state index is 12.6. The van der Waals surface area contributed by atoms with Crippen LogP contribution in [0.3, 0.4) is 0 Å². The molecule has 0 spiro atoms. The summed E-state index contributed by atoms with van der Waals surface area (Å²) in [6, 6.07) is 11.7. The number of carbonyl (C=O) groups is 2.